The molecule has 0 unspecified atom stereocenters. The molecule has 0 radical (unpaired) electrons. The Labute approximate surface area is 195 Å². The first-order valence-electron chi connectivity index (χ1n) is 11.3. The average Bonchev–Trinajstić information content (AvgIpc) is 2.84. The standard InChI is InChI=1S/C24H31N3O5S/c1-2-32-24(29)20-9-11-22(12-10-20)33(30,31)27-17-13-19(14-18-27)23(28)26-16-6-15-25-21-7-4-3-5-8-21/h3-5,7-12,19,25H,2,6,13-18H2,1H3,(H,26,28). The number of amides is 1. The van der Waals surface area contributed by atoms with Gasteiger partial charge >= 0.3 is 5.97 Å². The van der Waals surface area contributed by atoms with Gasteiger partial charge in [-0.1, -0.05) is 18.2 Å². The number of nitrogens with zero attached hydrogens (tertiary/aromatic N) is 1. The second-order valence-electron chi connectivity index (χ2n) is 7.86. The summed E-state index contributed by atoms with van der Waals surface area (Å²) in [7, 11) is -3.68. The molecule has 1 amide bonds. The number of ether oxygens (including phenoxy) is 1. The molecule has 8 nitrogen and oxygen atoms in total. The van der Waals surface area contributed by atoms with Crippen LogP contribution in [-0.2, 0) is 19.6 Å². The number of carbonyl (C=O) groups is 2. The molecule has 1 fully saturated rings. The normalized spacial score (nSPS) is 15.1. The van der Waals surface area contributed by atoms with Crippen molar-refractivity contribution in [3.63, 3.8) is 0 Å². The first-order chi connectivity index (χ1) is 15.9. The van der Waals surface area contributed by atoms with E-state index in [1.54, 1.807) is 6.92 Å². The van der Waals surface area contributed by atoms with E-state index in [9.17, 15) is 18.0 Å². The number of esters is 1. The molecule has 2 aromatic rings. The fraction of sp³-hybridized carbons (Fsp3) is 0.417. The number of sulfonamides is 1. The molecule has 0 aromatic heterocycles. The van der Waals surface area contributed by atoms with E-state index in [0.29, 0.717) is 24.9 Å². The van der Waals surface area contributed by atoms with Crippen LogP contribution in [0, 0.1) is 5.92 Å². The lowest BCUT2D eigenvalue weighted by Gasteiger charge is -2.30. The molecule has 1 aliphatic heterocycles. The third kappa shape index (κ3) is 6.79. The highest BCUT2D eigenvalue weighted by atomic mass is 32.2. The molecule has 2 N–H and O–H groups in total. The van der Waals surface area contributed by atoms with Crippen molar-refractivity contribution in [1.82, 2.24) is 9.62 Å². The minimum Gasteiger partial charge on any atom is -0.462 e. The minimum absolute atomic E-state index is 0.0226. The summed E-state index contributed by atoms with van der Waals surface area (Å²) < 4.78 is 32.2. The molecule has 0 spiro atoms. The zero-order chi connectivity index (χ0) is 23.7. The Hall–Kier alpha value is -2.91. The number of anilines is 1. The summed E-state index contributed by atoms with van der Waals surface area (Å²) >= 11 is 0. The molecule has 1 saturated heterocycles. The lowest BCUT2D eigenvalue weighted by atomic mass is 9.97. The summed E-state index contributed by atoms with van der Waals surface area (Å²) in [6.45, 7) is 3.88. The van der Waals surface area contributed by atoms with Crippen LogP contribution >= 0.6 is 0 Å². The number of hydrogen-bond acceptors (Lipinski definition) is 6. The van der Waals surface area contributed by atoms with E-state index in [1.807, 2.05) is 30.3 Å². The first kappa shape index (κ1) is 24.7. The summed E-state index contributed by atoms with van der Waals surface area (Å²) in [6, 6.07) is 15.6. The fourth-order valence-electron chi connectivity index (χ4n) is 3.72. The SMILES string of the molecule is CCOC(=O)c1ccc(S(=O)(=O)N2CCC(C(=O)NCCCNc3ccccc3)CC2)cc1. The van der Waals surface area contributed by atoms with E-state index in [4.69, 9.17) is 4.74 Å². The highest BCUT2D eigenvalue weighted by Crippen LogP contribution is 2.24. The monoisotopic (exact) mass is 473 g/mol. The van der Waals surface area contributed by atoms with Gasteiger partial charge < -0.3 is 15.4 Å². The Morgan fingerprint density at radius 1 is 1.00 bits per heavy atom. The van der Waals surface area contributed by atoms with E-state index >= 15 is 0 Å². The van der Waals surface area contributed by atoms with Crippen LogP contribution in [0.1, 0.15) is 36.5 Å². The van der Waals surface area contributed by atoms with Crippen molar-refractivity contribution in [2.24, 2.45) is 5.92 Å². The second-order valence-corrected chi connectivity index (χ2v) is 9.80. The molecular formula is C24H31N3O5S. The summed E-state index contributed by atoms with van der Waals surface area (Å²) in [4.78, 5) is 24.4. The van der Waals surface area contributed by atoms with E-state index in [1.165, 1.54) is 28.6 Å². The van der Waals surface area contributed by atoms with E-state index in [0.717, 1.165) is 18.7 Å². The third-order valence-electron chi connectivity index (χ3n) is 5.58. The lowest BCUT2D eigenvalue weighted by molar-refractivity contribution is -0.126. The molecule has 0 atom stereocenters. The highest BCUT2D eigenvalue weighted by Gasteiger charge is 2.32. The van der Waals surface area contributed by atoms with Crippen molar-refractivity contribution in [2.45, 2.75) is 31.1 Å². The smallest absolute Gasteiger partial charge is 0.338 e. The van der Waals surface area contributed by atoms with Crippen LogP contribution in [0.5, 0.6) is 0 Å². The van der Waals surface area contributed by atoms with Gasteiger partial charge in [-0.15, -0.1) is 0 Å². The van der Waals surface area contributed by atoms with Gasteiger partial charge in [0.2, 0.25) is 15.9 Å². The summed E-state index contributed by atoms with van der Waals surface area (Å²) in [5, 5.41) is 6.26. The van der Waals surface area contributed by atoms with Crippen LogP contribution in [0.15, 0.2) is 59.5 Å². The zero-order valence-corrected chi connectivity index (χ0v) is 19.6. The van der Waals surface area contributed by atoms with Crippen molar-refractivity contribution >= 4 is 27.6 Å². The molecule has 1 heterocycles. The van der Waals surface area contributed by atoms with Gasteiger partial charge in [0, 0.05) is 37.8 Å². The summed E-state index contributed by atoms with van der Waals surface area (Å²) in [5.41, 5.74) is 1.36. The number of piperidine rings is 1. The molecule has 2 aromatic carbocycles. The molecular weight excluding hydrogens is 442 g/mol. The van der Waals surface area contributed by atoms with Crippen molar-refractivity contribution in [2.75, 3.05) is 38.1 Å². The van der Waals surface area contributed by atoms with Gasteiger partial charge in [-0.25, -0.2) is 13.2 Å². The summed E-state index contributed by atoms with van der Waals surface area (Å²) in [5.74, 6) is -0.695. The first-order valence-corrected chi connectivity index (χ1v) is 12.7. The van der Waals surface area contributed by atoms with Crippen LogP contribution in [-0.4, -0.2) is 57.4 Å². The van der Waals surface area contributed by atoms with Crippen LogP contribution in [0.3, 0.4) is 0 Å². The van der Waals surface area contributed by atoms with E-state index in [-0.39, 0.29) is 36.4 Å². The van der Waals surface area contributed by atoms with Gasteiger partial charge in [0.25, 0.3) is 0 Å². The Morgan fingerprint density at radius 2 is 1.67 bits per heavy atom. The number of carbonyl (C=O) groups excluding carboxylic acids is 2. The van der Waals surface area contributed by atoms with Gasteiger partial charge in [0.1, 0.15) is 0 Å². The zero-order valence-electron chi connectivity index (χ0n) is 18.8. The van der Waals surface area contributed by atoms with Gasteiger partial charge in [-0.2, -0.15) is 4.31 Å². The largest absolute Gasteiger partial charge is 0.462 e. The number of benzene rings is 2. The Morgan fingerprint density at radius 3 is 2.30 bits per heavy atom. The Bertz CT molecular complexity index is 1020. The molecule has 0 saturated carbocycles. The Kier molecular flexibility index (Phi) is 8.85. The van der Waals surface area contributed by atoms with Crippen LogP contribution in [0.2, 0.25) is 0 Å². The number of hydrogen-bond donors (Lipinski definition) is 2. The van der Waals surface area contributed by atoms with Crippen LogP contribution in [0.25, 0.3) is 0 Å². The lowest BCUT2D eigenvalue weighted by Crippen LogP contribution is -2.43. The van der Waals surface area contributed by atoms with Crippen molar-refractivity contribution in [3.05, 3.63) is 60.2 Å². The molecule has 0 bridgehead atoms. The molecule has 178 valence electrons. The maximum atomic E-state index is 12.9. The predicted molar refractivity (Wildman–Crippen MR) is 126 cm³/mol. The maximum Gasteiger partial charge on any atom is 0.338 e. The Balaban J connectivity index is 1.42. The number of rotatable bonds is 10. The van der Waals surface area contributed by atoms with Crippen LogP contribution in [0.4, 0.5) is 5.69 Å². The third-order valence-corrected chi connectivity index (χ3v) is 7.50. The number of para-hydroxylation sites is 1. The predicted octanol–water partition coefficient (Wildman–Crippen LogP) is 2.88. The molecule has 0 aliphatic carbocycles. The van der Waals surface area contributed by atoms with Gasteiger partial charge in [0.15, 0.2) is 0 Å². The summed E-state index contributed by atoms with van der Waals surface area (Å²) in [6.07, 6.45) is 1.76. The van der Waals surface area contributed by atoms with Gasteiger partial charge in [0.05, 0.1) is 17.1 Å². The van der Waals surface area contributed by atoms with Gasteiger partial charge in [-0.05, 0) is 62.6 Å². The van der Waals surface area contributed by atoms with E-state index in [2.05, 4.69) is 10.6 Å². The topological polar surface area (TPSA) is 105 Å². The van der Waals surface area contributed by atoms with Crippen molar-refractivity contribution in [3.8, 4) is 0 Å². The van der Waals surface area contributed by atoms with Gasteiger partial charge in [-0.3, -0.25) is 4.79 Å². The average molecular weight is 474 g/mol. The molecule has 9 heteroatoms. The number of nitrogens with one attached hydrogen (secondary N) is 2. The van der Waals surface area contributed by atoms with E-state index < -0.39 is 16.0 Å². The van der Waals surface area contributed by atoms with Crippen molar-refractivity contribution in [1.29, 1.82) is 0 Å². The van der Waals surface area contributed by atoms with Crippen molar-refractivity contribution < 1.29 is 22.7 Å². The molecule has 1 aliphatic rings. The molecule has 3 rings (SSSR count). The fourth-order valence-corrected chi connectivity index (χ4v) is 5.19. The maximum absolute atomic E-state index is 12.9. The quantitative estimate of drug-likeness (QED) is 0.406. The molecule has 33 heavy (non-hydrogen) atoms. The van der Waals surface area contributed by atoms with Crippen LogP contribution < -0.4 is 10.6 Å². The minimum atomic E-state index is -3.68. The second kappa shape index (κ2) is 11.8. The highest BCUT2D eigenvalue weighted by molar-refractivity contribution is 7.89.